The van der Waals surface area contributed by atoms with Gasteiger partial charge in [0.25, 0.3) is 5.91 Å². The lowest BCUT2D eigenvalue weighted by Crippen LogP contribution is -2.35. The van der Waals surface area contributed by atoms with Crippen molar-refractivity contribution in [2.24, 2.45) is 0 Å². The lowest BCUT2D eigenvalue weighted by molar-refractivity contribution is -0.119. The van der Waals surface area contributed by atoms with Crippen molar-refractivity contribution in [3.63, 3.8) is 0 Å². The van der Waals surface area contributed by atoms with Crippen molar-refractivity contribution in [1.29, 1.82) is 0 Å². The van der Waals surface area contributed by atoms with Gasteiger partial charge in [0.2, 0.25) is 5.91 Å². The topological polar surface area (TPSA) is 102 Å². The molecule has 2 aromatic heterocycles. The number of methoxy groups -OCH3 is 2. The Morgan fingerprint density at radius 1 is 1.00 bits per heavy atom. The molecular formula is C29H27FN4O5S2. The molecule has 2 aromatic carbocycles. The van der Waals surface area contributed by atoms with Gasteiger partial charge in [0, 0.05) is 37.1 Å². The van der Waals surface area contributed by atoms with Crippen LogP contribution in [0, 0.1) is 5.82 Å². The third-order valence-electron chi connectivity index (χ3n) is 6.46. The number of halogens is 1. The summed E-state index contributed by atoms with van der Waals surface area (Å²) in [4.78, 5) is 32.1. The van der Waals surface area contributed by atoms with Crippen molar-refractivity contribution < 1.29 is 28.2 Å². The molecular weight excluding hydrogens is 567 g/mol. The molecule has 2 N–H and O–H groups in total. The first-order valence-corrected chi connectivity index (χ1v) is 14.0. The number of pyridine rings is 1. The fourth-order valence-corrected chi connectivity index (χ4v) is 5.73. The Balaban J connectivity index is 1.22. The van der Waals surface area contributed by atoms with Crippen LogP contribution in [0.1, 0.15) is 28.1 Å². The molecule has 3 heterocycles. The van der Waals surface area contributed by atoms with E-state index in [1.165, 1.54) is 37.7 Å². The molecule has 9 nitrogen and oxygen atoms in total. The van der Waals surface area contributed by atoms with E-state index in [-0.39, 0.29) is 29.1 Å². The molecule has 1 saturated heterocycles. The second kappa shape index (κ2) is 12.5. The van der Waals surface area contributed by atoms with E-state index < -0.39 is 5.82 Å². The van der Waals surface area contributed by atoms with Crippen LogP contribution in [0.15, 0.2) is 54.7 Å². The third kappa shape index (κ3) is 6.55. The van der Waals surface area contributed by atoms with E-state index in [1.54, 1.807) is 42.6 Å². The summed E-state index contributed by atoms with van der Waals surface area (Å²) in [5, 5.41) is 5.42. The smallest absolute Gasteiger partial charge is 0.264 e. The van der Waals surface area contributed by atoms with Crippen LogP contribution < -0.4 is 24.8 Å². The highest BCUT2D eigenvalue weighted by Gasteiger charge is 2.23. The number of thiocarbonyl (C=S) groups is 1. The van der Waals surface area contributed by atoms with Gasteiger partial charge >= 0.3 is 0 Å². The summed E-state index contributed by atoms with van der Waals surface area (Å²) in [6.45, 7) is 1.50. The van der Waals surface area contributed by atoms with Crippen LogP contribution in [-0.2, 0) is 11.2 Å². The number of rotatable bonds is 8. The van der Waals surface area contributed by atoms with Crippen molar-refractivity contribution in [1.82, 2.24) is 15.2 Å². The molecule has 5 rings (SSSR count). The van der Waals surface area contributed by atoms with E-state index in [2.05, 4.69) is 15.6 Å². The third-order valence-corrected chi connectivity index (χ3v) is 7.79. The van der Waals surface area contributed by atoms with Gasteiger partial charge in [-0.1, -0.05) is 6.07 Å². The zero-order valence-electron chi connectivity index (χ0n) is 22.4. The molecule has 0 atom stereocenters. The number of benzene rings is 2. The van der Waals surface area contributed by atoms with Crippen molar-refractivity contribution in [3.8, 4) is 23.0 Å². The molecule has 2 amide bonds. The number of aromatic nitrogens is 1. The van der Waals surface area contributed by atoms with Gasteiger partial charge in [-0.15, -0.1) is 11.3 Å². The predicted molar refractivity (Wildman–Crippen MR) is 159 cm³/mol. The first-order valence-electron chi connectivity index (χ1n) is 12.8. The molecule has 0 spiro atoms. The predicted octanol–water partition coefficient (Wildman–Crippen LogP) is 5.54. The normalized spacial score (nSPS) is 12.7. The lowest BCUT2D eigenvalue weighted by atomic mass is 10.1. The van der Waals surface area contributed by atoms with Gasteiger partial charge in [0.15, 0.2) is 28.2 Å². The zero-order chi connectivity index (χ0) is 28.9. The molecule has 41 heavy (non-hydrogen) atoms. The van der Waals surface area contributed by atoms with E-state index in [4.69, 9.17) is 26.4 Å². The number of ether oxygens (including phenoxy) is 3. The van der Waals surface area contributed by atoms with Crippen molar-refractivity contribution in [2.75, 3.05) is 32.6 Å². The molecule has 1 aliphatic rings. The average molecular weight is 595 g/mol. The molecule has 1 aliphatic heterocycles. The summed E-state index contributed by atoms with van der Waals surface area (Å²) in [6, 6.07) is 12.8. The quantitative estimate of drug-likeness (QED) is 0.257. The average Bonchev–Trinajstić information content (AvgIpc) is 3.65. The van der Waals surface area contributed by atoms with Crippen molar-refractivity contribution in [2.45, 2.75) is 19.3 Å². The van der Waals surface area contributed by atoms with Crippen LogP contribution in [0.3, 0.4) is 0 Å². The maximum Gasteiger partial charge on any atom is 0.264 e. The molecule has 0 unspecified atom stereocenters. The van der Waals surface area contributed by atoms with E-state index in [0.717, 1.165) is 25.9 Å². The summed E-state index contributed by atoms with van der Waals surface area (Å²) in [5.41, 5.74) is 1.66. The molecule has 1 fully saturated rings. The van der Waals surface area contributed by atoms with Crippen molar-refractivity contribution in [3.05, 3.63) is 71.0 Å². The number of nitrogens with one attached hydrogen (secondary N) is 2. The largest absolute Gasteiger partial charge is 0.493 e. The standard InChI is InChI=1S/C29H27FN4O5S2/c1-37-22-7-5-17(13-24(22)38-2)14-26(35)33-29(40)32-18-6-8-21(19(30)15-18)39-23-9-10-31-20-16-25(41-27(20)23)28(36)34-11-3-4-12-34/h5-10,13,15-16H,3-4,11-12,14H2,1-2H3,(H2,32,33,35,40). The molecule has 12 heteroatoms. The SMILES string of the molecule is COc1ccc(CC(=O)NC(=S)Nc2ccc(Oc3ccnc4cc(C(=O)N5CCCC5)sc34)c(F)c2)cc1OC. The first kappa shape index (κ1) is 28.2. The summed E-state index contributed by atoms with van der Waals surface area (Å²) in [6.07, 6.45) is 3.62. The van der Waals surface area contributed by atoms with E-state index in [0.29, 0.717) is 43.6 Å². The number of carbonyl (C=O) groups is 2. The van der Waals surface area contributed by atoms with E-state index in [9.17, 15) is 9.59 Å². The summed E-state index contributed by atoms with van der Waals surface area (Å²) >= 11 is 6.52. The number of hydrogen-bond acceptors (Lipinski definition) is 8. The van der Waals surface area contributed by atoms with Gasteiger partial charge in [0.05, 0.1) is 35.7 Å². The van der Waals surface area contributed by atoms with Crippen LogP contribution in [0.25, 0.3) is 10.2 Å². The maximum absolute atomic E-state index is 15.0. The van der Waals surface area contributed by atoms with Crippen LogP contribution in [0.5, 0.6) is 23.0 Å². The maximum atomic E-state index is 15.0. The molecule has 0 aliphatic carbocycles. The zero-order valence-corrected chi connectivity index (χ0v) is 24.0. The van der Waals surface area contributed by atoms with Gasteiger partial charge in [-0.3, -0.25) is 14.6 Å². The monoisotopic (exact) mass is 594 g/mol. The minimum Gasteiger partial charge on any atom is -0.493 e. The number of anilines is 1. The van der Waals surface area contributed by atoms with Gasteiger partial charge in [-0.2, -0.15) is 0 Å². The molecule has 0 bridgehead atoms. The number of hydrogen-bond donors (Lipinski definition) is 2. The van der Waals surface area contributed by atoms with Crippen molar-refractivity contribution >= 4 is 56.4 Å². The highest BCUT2D eigenvalue weighted by Crippen LogP contribution is 2.37. The summed E-state index contributed by atoms with van der Waals surface area (Å²) < 4.78 is 32.0. The minimum absolute atomic E-state index is 0.00715. The Kier molecular flexibility index (Phi) is 8.60. The number of nitrogens with zero attached hydrogens (tertiary/aromatic N) is 2. The number of likely N-dealkylation sites (tertiary alicyclic amines) is 1. The summed E-state index contributed by atoms with van der Waals surface area (Å²) in [5.74, 6) is 0.457. The Labute approximate surface area is 245 Å². The number of thiophene rings is 1. The molecule has 4 aromatic rings. The van der Waals surface area contributed by atoms with Gasteiger partial charge in [-0.05, 0) is 61.0 Å². The fourth-order valence-electron chi connectivity index (χ4n) is 4.47. The Bertz CT molecular complexity index is 1620. The second-order valence-electron chi connectivity index (χ2n) is 9.25. The lowest BCUT2D eigenvalue weighted by Gasteiger charge is -2.13. The Morgan fingerprint density at radius 2 is 1.76 bits per heavy atom. The number of carbonyl (C=O) groups excluding carboxylic acids is 2. The van der Waals surface area contributed by atoms with E-state index in [1.807, 2.05) is 4.90 Å². The molecule has 212 valence electrons. The molecule has 0 radical (unpaired) electrons. The highest BCUT2D eigenvalue weighted by atomic mass is 32.1. The van der Waals surface area contributed by atoms with Gasteiger partial charge in [0.1, 0.15) is 5.75 Å². The Hall–Kier alpha value is -4.29. The first-order chi connectivity index (χ1) is 19.8. The van der Waals surface area contributed by atoms with Crippen LogP contribution in [-0.4, -0.2) is 54.1 Å². The van der Waals surface area contributed by atoms with Crippen LogP contribution >= 0.6 is 23.6 Å². The van der Waals surface area contributed by atoms with Crippen LogP contribution in [0.2, 0.25) is 0 Å². The van der Waals surface area contributed by atoms with Crippen LogP contribution in [0.4, 0.5) is 10.1 Å². The van der Waals surface area contributed by atoms with Gasteiger partial charge in [-0.25, -0.2) is 4.39 Å². The highest BCUT2D eigenvalue weighted by molar-refractivity contribution is 7.80. The number of fused-ring (bicyclic) bond motifs is 1. The Morgan fingerprint density at radius 3 is 2.49 bits per heavy atom. The fraction of sp³-hybridized carbons (Fsp3) is 0.241. The second-order valence-corrected chi connectivity index (χ2v) is 10.7. The summed E-state index contributed by atoms with van der Waals surface area (Å²) in [7, 11) is 3.05. The van der Waals surface area contributed by atoms with E-state index >= 15 is 4.39 Å². The minimum atomic E-state index is -0.635. The molecule has 0 saturated carbocycles. The van der Waals surface area contributed by atoms with Gasteiger partial charge < -0.3 is 29.7 Å². The number of amides is 2.